The lowest BCUT2D eigenvalue weighted by molar-refractivity contribution is -0.121. The maximum atomic E-state index is 12.1. The minimum absolute atomic E-state index is 0.0203. The summed E-state index contributed by atoms with van der Waals surface area (Å²) in [5, 5.41) is 7.53. The summed E-state index contributed by atoms with van der Waals surface area (Å²) in [6, 6.07) is 17.7. The van der Waals surface area contributed by atoms with E-state index >= 15 is 0 Å². The maximum absolute atomic E-state index is 12.1. The fourth-order valence-corrected chi connectivity index (χ4v) is 3.00. The van der Waals surface area contributed by atoms with Gasteiger partial charge in [-0.1, -0.05) is 59.2 Å². The molecule has 3 rings (SSSR count). The van der Waals surface area contributed by atoms with Crippen molar-refractivity contribution in [1.29, 1.82) is 0 Å². The molecule has 27 heavy (non-hydrogen) atoms. The molecule has 0 fully saturated rings. The fraction of sp³-hybridized carbons (Fsp3) is 0.286. The highest BCUT2D eigenvalue weighted by molar-refractivity contribution is 6.33. The number of aromatic nitrogens is 2. The number of aryl methyl sites for hydroxylation is 2. The predicted molar refractivity (Wildman–Crippen MR) is 105 cm³/mol. The topological polar surface area (TPSA) is 68.0 Å². The molecule has 0 saturated heterocycles. The molecule has 6 heteroatoms. The first-order valence-electron chi connectivity index (χ1n) is 9.02. The van der Waals surface area contributed by atoms with Crippen LogP contribution in [0.5, 0.6) is 0 Å². The molecule has 0 aliphatic carbocycles. The quantitative estimate of drug-likeness (QED) is 0.623. The first-order chi connectivity index (χ1) is 13.1. The number of amides is 1. The van der Waals surface area contributed by atoms with Gasteiger partial charge in [-0.3, -0.25) is 4.79 Å². The highest BCUT2D eigenvalue weighted by Crippen LogP contribution is 2.25. The van der Waals surface area contributed by atoms with Gasteiger partial charge in [-0.2, -0.15) is 4.98 Å². The zero-order chi connectivity index (χ0) is 19.1. The zero-order valence-corrected chi connectivity index (χ0v) is 15.9. The van der Waals surface area contributed by atoms with Gasteiger partial charge in [0.15, 0.2) is 0 Å². The van der Waals surface area contributed by atoms with Crippen LogP contribution in [0, 0.1) is 0 Å². The van der Waals surface area contributed by atoms with E-state index in [1.807, 2.05) is 43.3 Å². The second kappa shape index (κ2) is 9.33. The van der Waals surface area contributed by atoms with Crippen LogP contribution in [0.1, 0.15) is 31.2 Å². The maximum Gasteiger partial charge on any atom is 0.227 e. The number of benzene rings is 2. The van der Waals surface area contributed by atoms with Gasteiger partial charge < -0.3 is 9.84 Å². The van der Waals surface area contributed by atoms with Crippen molar-refractivity contribution in [3.8, 4) is 11.4 Å². The van der Waals surface area contributed by atoms with Crippen molar-refractivity contribution in [3.63, 3.8) is 0 Å². The molecule has 0 unspecified atom stereocenters. The van der Waals surface area contributed by atoms with Crippen molar-refractivity contribution in [1.82, 2.24) is 15.5 Å². The molecule has 140 valence electrons. The molecule has 0 bridgehead atoms. The van der Waals surface area contributed by atoms with Gasteiger partial charge in [-0.15, -0.1) is 0 Å². The Morgan fingerprint density at radius 2 is 1.85 bits per heavy atom. The highest BCUT2D eigenvalue weighted by atomic mass is 35.5. The molecule has 1 aromatic heterocycles. The molecular formula is C21H22ClN3O2. The molecule has 0 radical (unpaired) electrons. The second-order valence-electron chi connectivity index (χ2n) is 6.48. The van der Waals surface area contributed by atoms with E-state index in [0.29, 0.717) is 35.1 Å². The van der Waals surface area contributed by atoms with E-state index in [1.165, 1.54) is 5.56 Å². The Labute approximate surface area is 163 Å². The summed E-state index contributed by atoms with van der Waals surface area (Å²) >= 11 is 6.14. The van der Waals surface area contributed by atoms with Gasteiger partial charge in [0.1, 0.15) is 0 Å². The number of hydrogen-bond donors (Lipinski definition) is 1. The monoisotopic (exact) mass is 383 g/mol. The number of halogens is 1. The van der Waals surface area contributed by atoms with E-state index in [0.717, 1.165) is 12.8 Å². The summed E-state index contributed by atoms with van der Waals surface area (Å²) < 4.78 is 5.24. The largest absolute Gasteiger partial charge is 0.354 e. The Balaban J connectivity index is 1.45. The third kappa shape index (κ3) is 5.66. The van der Waals surface area contributed by atoms with E-state index in [-0.39, 0.29) is 11.9 Å². The van der Waals surface area contributed by atoms with Gasteiger partial charge in [-0.25, -0.2) is 0 Å². The Kier molecular flexibility index (Phi) is 6.60. The van der Waals surface area contributed by atoms with E-state index in [9.17, 15) is 4.79 Å². The van der Waals surface area contributed by atoms with Crippen LogP contribution in [0.2, 0.25) is 5.02 Å². The van der Waals surface area contributed by atoms with Gasteiger partial charge >= 0.3 is 0 Å². The first kappa shape index (κ1) is 19.1. The SMILES string of the molecule is C[C@H](CCc1ccccc1)NC(=O)CCc1nc(-c2ccccc2Cl)no1. The molecular weight excluding hydrogens is 362 g/mol. The second-order valence-corrected chi connectivity index (χ2v) is 6.89. The summed E-state index contributed by atoms with van der Waals surface area (Å²) in [5.74, 6) is 0.845. The molecule has 2 aromatic carbocycles. The lowest BCUT2D eigenvalue weighted by Crippen LogP contribution is -2.33. The average molecular weight is 384 g/mol. The van der Waals surface area contributed by atoms with Gasteiger partial charge in [0.05, 0.1) is 5.02 Å². The predicted octanol–water partition coefficient (Wildman–Crippen LogP) is 4.46. The van der Waals surface area contributed by atoms with E-state index in [4.69, 9.17) is 16.1 Å². The van der Waals surface area contributed by atoms with Crippen molar-refractivity contribution >= 4 is 17.5 Å². The molecule has 1 N–H and O–H groups in total. The minimum Gasteiger partial charge on any atom is -0.354 e. The van der Waals surface area contributed by atoms with Gasteiger partial charge in [0, 0.05) is 24.4 Å². The van der Waals surface area contributed by atoms with Crippen LogP contribution in [-0.4, -0.2) is 22.1 Å². The molecule has 0 aliphatic heterocycles. The average Bonchev–Trinajstić information content (AvgIpc) is 3.15. The number of hydrogen-bond acceptors (Lipinski definition) is 4. The van der Waals surface area contributed by atoms with Crippen LogP contribution in [0.4, 0.5) is 0 Å². The smallest absolute Gasteiger partial charge is 0.227 e. The number of nitrogens with one attached hydrogen (secondary N) is 1. The van der Waals surface area contributed by atoms with Crippen molar-refractivity contribution < 1.29 is 9.32 Å². The van der Waals surface area contributed by atoms with Gasteiger partial charge in [-0.05, 0) is 37.5 Å². The summed E-state index contributed by atoms with van der Waals surface area (Å²) in [6.07, 6.45) is 2.54. The molecule has 0 aliphatic rings. The van der Waals surface area contributed by atoms with Gasteiger partial charge in [0.25, 0.3) is 0 Å². The van der Waals surface area contributed by atoms with E-state index < -0.39 is 0 Å². The lowest BCUT2D eigenvalue weighted by Gasteiger charge is -2.13. The molecule has 5 nitrogen and oxygen atoms in total. The van der Waals surface area contributed by atoms with Crippen LogP contribution >= 0.6 is 11.6 Å². The number of nitrogens with zero attached hydrogens (tertiary/aromatic N) is 2. The number of carbonyl (C=O) groups is 1. The van der Waals surface area contributed by atoms with Gasteiger partial charge in [0.2, 0.25) is 17.6 Å². The Morgan fingerprint density at radius 1 is 1.11 bits per heavy atom. The standard InChI is InChI=1S/C21H22ClN3O2/c1-15(11-12-16-7-3-2-4-8-16)23-19(26)13-14-20-24-21(25-27-20)17-9-5-6-10-18(17)22/h2-10,15H,11-14H2,1H3,(H,23,26)/t15-/m1/s1. The highest BCUT2D eigenvalue weighted by Gasteiger charge is 2.13. The van der Waals surface area contributed by atoms with Crippen molar-refractivity contribution in [2.24, 2.45) is 0 Å². The molecule has 1 atom stereocenters. The third-order valence-corrected chi connectivity index (χ3v) is 4.59. The molecule has 1 amide bonds. The van der Waals surface area contributed by atoms with Crippen LogP contribution in [0.15, 0.2) is 59.1 Å². The van der Waals surface area contributed by atoms with Crippen LogP contribution < -0.4 is 5.32 Å². The summed E-state index contributed by atoms with van der Waals surface area (Å²) in [6.45, 7) is 2.02. The molecule has 3 aromatic rings. The van der Waals surface area contributed by atoms with Crippen molar-refractivity contribution in [2.45, 2.75) is 38.6 Å². The molecule has 0 spiro atoms. The molecule has 1 heterocycles. The molecule has 0 saturated carbocycles. The van der Waals surface area contributed by atoms with Crippen LogP contribution in [0.3, 0.4) is 0 Å². The van der Waals surface area contributed by atoms with E-state index in [1.54, 1.807) is 6.07 Å². The van der Waals surface area contributed by atoms with Crippen LogP contribution in [0.25, 0.3) is 11.4 Å². The Hall–Kier alpha value is -2.66. The van der Waals surface area contributed by atoms with Crippen molar-refractivity contribution in [2.75, 3.05) is 0 Å². The minimum atomic E-state index is -0.0203. The Morgan fingerprint density at radius 3 is 2.63 bits per heavy atom. The zero-order valence-electron chi connectivity index (χ0n) is 15.2. The first-order valence-corrected chi connectivity index (χ1v) is 9.40. The summed E-state index contributed by atoms with van der Waals surface area (Å²) in [7, 11) is 0. The summed E-state index contributed by atoms with van der Waals surface area (Å²) in [4.78, 5) is 16.5. The number of rotatable bonds is 8. The summed E-state index contributed by atoms with van der Waals surface area (Å²) in [5.41, 5.74) is 1.99. The fourth-order valence-electron chi connectivity index (χ4n) is 2.78. The third-order valence-electron chi connectivity index (χ3n) is 4.27. The lowest BCUT2D eigenvalue weighted by atomic mass is 10.1. The number of carbonyl (C=O) groups excluding carboxylic acids is 1. The van der Waals surface area contributed by atoms with Crippen LogP contribution in [-0.2, 0) is 17.6 Å². The van der Waals surface area contributed by atoms with E-state index in [2.05, 4.69) is 27.6 Å². The normalized spacial score (nSPS) is 11.9. The Bertz CT molecular complexity index is 880. The van der Waals surface area contributed by atoms with Crippen molar-refractivity contribution in [3.05, 3.63) is 71.1 Å².